The van der Waals surface area contributed by atoms with Crippen LogP contribution in [0.5, 0.6) is 0 Å². The van der Waals surface area contributed by atoms with E-state index >= 15 is 0 Å². The zero-order valence-corrected chi connectivity index (χ0v) is 11.4. The number of nitrogens with two attached hydrogens (primary N) is 1. The van der Waals surface area contributed by atoms with Crippen molar-refractivity contribution < 1.29 is 4.79 Å². The van der Waals surface area contributed by atoms with E-state index in [4.69, 9.17) is 5.73 Å². The molecule has 3 N–H and O–H groups in total. The van der Waals surface area contributed by atoms with Crippen LogP contribution in [-0.2, 0) is 0 Å². The summed E-state index contributed by atoms with van der Waals surface area (Å²) in [6.45, 7) is 1.82. The minimum Gasteiger partial charge on any atom is -0.398 e. The first-order valence-corrected chi connectivity index (χ1v) is 6.15. The molecule has 0 fully saturated rings. The van der Waals surface area contributed by atoms with E-state index in [1.165, 1.54) is 0 Å². The monoisotopic (exact) mass is 305 g/mol. The summed E-state index contributed by atoms with van der Waals surface area (Å²) in [5.41, 5.74) is 7.70. The van der Waals surface area contributed by atoms with Gasteiger partial charge in [0, 0.05) is 21.9 Å². The highest BCUT2D eigenvalue weighted by Gasteiger charge is 2.10. The van der Waals surface area contributed by atoms with E-state index in [1.54, 1.807) is 30.5 Å². The van der Waals surface area contributed by atoms with Crippen LogP contribution in [0.2, 0.25) is 0 Å². The molecule has 92 valence electrons. The van der Waals surface area contributed by atoms with E-state index in [0.717, 1.165) is 10.0 Å². The number of rotatable bonds is 2. The topological polar surface area (TPSA) is 68.0 Å². The molecule has 0 spiro atoms. The molecule has 0 aliphatic rings. The van der Waals surface area contributed by atoms with Crippen molar-refractivity contribution in [3.8, 4) is 0 Å². The number of anilines is 2. The van der Waals surface area contributed by atoms with E-state index in [-0.39, 0.29) is 5.91 Å². The van der Waals surface area contributed by atoms with Gasteiger partial charge in [0.05, 0.1) is 0 Å². The van der Waals surface area contributed by atoms with E-state index in [0.29, 0.717) is 17.1 Å². The number of amides is 1. The molecule has 0 aliphatic heterocycles. The van der Waals surface area contributed by atoms with Crippen LogP contribution in [-0.4, -0.2) is 10.9 Å². The maximum atomic E-state index is 12.1. The van der Waals surface area contributed by atoms with Crippen LogP contribution in [0.25, 0.3) is 0 Å². The molecule has 0 saturated carbocycles. The second-order valence-corrected chi connectivity index (χ2v) is 4.75. The fraction of sp³-hybridized carbons (Fsp3) is 0.0769. The van der Waals surface area contributed by atoms with Crippen LogP contribution < -0.4 is 11.1 Å². The zero-order chi connectivity index (χ0) is 13.1. The third-order valence-corrected chi connectivity index (χ3v) is 3.06. The van der Waals surface area contributed by atoms with Gasteiger partial charge in [-0.15, -0.1) is 0 Å². The van der Waals surface area contributed by atoms with Gasteiger partial charge in [-0.25, -0.2) is 4.98 Å². The number of carbonyl (C=O) groups excluding carboxylic acids is 1. The van der Waals surface area contributed by atoms with Gasteiger partial charge >= 0.3 is 0 Å². The smallest absolute Gasteiger partial charge is 0.257 e. The van der Waals surface area contributed by atoms with Crippen molar-refractivity contribution in [1.29, 1.82) is 0 Å². The molecule has 0 saturated heterocycles. The molecule has 4 nitrogen and oxygen atoms in total. The quantitative estimate of drug-likeness (QED) is 0.838. The molecule has 1 heterocycles. The average molecular weight is 306 g/mol. The molecule has 5 heteroatoms. The van der Waals surface area contributed by atoms with E-state index in [1.807, 2.05) is 13.0 Å². The number of halogens is 1. The average Bonchev–Trinajstić information content (AvgIpc) is 2.35. The molecule has 0 aliphatic carbocycles. The Kier molecular flexibility index (Phi) is 3.62. The number of benzene rings is 1. The van der Waals surface area contributed by atoms with E-state index in [2.05, 4.69) is 26.2 Å². The summed E-state index contributed by atoms with van der Waals surface area (Å²) in [6, 6.07) is 8.80. The lowest BCUT2D eigenvalue weighted by molar-refractivity contribution is 0.102. The minimum absolute atomic E-state index is 0.213. The van der Waals surface area contributed by atoms with Crippen LogP contribution >= 0.6 is 15.9 Å². The molecule has 2 aromatic rings. The van der Waals surface area contributed by atoms with Gasteiger partial charge in [0.2, 0.25) is 0 Å². The van der Waals surface area contributed by atoms with Crippen LogP contribution in [0.15, 0.2) is 41.0 Å². The number of nitrogens with one attached hydrogen (secondary N) is 1. The molecule has 0 atom stereocenters. The zero-order valence-electron chi connectivity index (χ0n) is 9.77. The molecule has 2 rings (SSSR count). The molecule has 1 amide bonds. The first-order valence-electron chi connectivity index (χ1n) is 5.36. The number of nitrogen functional groups attached to an aromatic ring is 1. The highest BCUT2D eigenvalue weighted by Crippen LogP contribution is 2.17. The Bertz CT molecular complexity index is 581. The van der Waals surface area contributed by atoms with Gasteiger partial charge in [-0.3, -0.25) is 4.79 Å². The lowest BCUT2D eigenvalue weighted by atomic mass is 10.1. The van der Waals surface area contributed by atoms with Gasteiger partial charge in [-0.05, 0) is 52.7 Å². The number of pyridine rings is 1. The Morgan fingerprint density at radius 1 is 1.33 bits per heavy atom. The number of hydrogen-bond donors (Lipinski definition) is 2. The number of carbonyl (C=O) groups is 1. The largest absolute Gasteiger partial charge is 0.398 e. The normalized spacial score (nSPS) is 10.1. The Morgan fingerprint density at radius 3 is 2.78 bits per heavy atom. The van der Waals surface area contributed by atoms with Crippen molar-refractivity contribution in [2.24, 2.45) is 0 Å². The van der Waals surface area contributed by atoms with Crippen LogP contribution in [0.3, 0.4) is 0 Å². The predicted molar refractivity (Wildman–Crippen MR) is 75.5 cm³/mol. The molecule has 0 unspecified atom stereocenters. The molecule has 18 heavy (non-hydrogen) atoms. The summed E-state index contributed by atoms with van der Waals surface area (Å²) in [7, 11) is 0. The fourth-order valence-electron chi connectivity index (χ4n) is 1.53. The van der Waals surface area contributed by atoms with Crippen LogP contribution in [0.1, 0.15) is 15.9 Å². The maximum absolute atomic E-state index is 12.1. The molecular weight excluding hydrogens is 294 g/mol. The highest BCUT2D eigenvalue weighted by atomic mass is 79.9. The highest BCUT2D eigenvalue weighted by molar-refractivity contribution is 9.10. The van der Waals surface area contributed by atoms with Gasteiger partial charge in [0.1, 0.15) is 5.82 Å². The standard InChI is InChI=1S/C13H12BrN3O/c1-8-10(3-2-4-11(8)15)13(18)17-12-6-5-9(14)7-16-12/h2-7H,15H2,1H3,(H,16,17,18). The summed E-state index contributed by atoms with van der Waals surface area (Å²) in [6.07, 6.45) is 1.63. The molecule has 0 bridgehead atoms. The third kappa shape index (κ3) is 2.68. The molecule has 0 radical (unpaired) electrons. The van der Waals surface area contributed by atoms with E-state index < -0.39 is 0 Å². The number of aromatic nitrogens is 1. The second kappa shape index (κ2) is 5.18. The first kappa shape index (κ1) is 12.6. The van der Waals surface area contributed by atoms with Crippen molar-refractivity contribution in [3.63, 3.8) is 0 Å². The first-order chi connectivity index (χ1) is 8.58. The fourth-order valence-corrected chi connectivity index (χ4v) is 1.77. The number of hydrogen-bond acceptors (Lipinski definition) is 3. The van der Waals surface area contributed by atoms with Gasteiger partial charge < -0.3 is 11.1 Å². The lowest BCUT2D eigenvalue weighted by Gasteiger charge is -2.08. The minimum atomic E-state index is -0.213. The maximum Gasteiger partial charge on any atom is 0.257 e. The van der Waals surface area contributed by atoms with Crippen LogP contribution in [0, 0.1) is 6.92 Å². The van der Waals surface area contributed by atoms with Crippen molar-refractivity contribution in [2.45, 2.75) is 6.92 Å². The third-order valence-electron chi connectivity index (χ3n) is 2.59. The van der Waals surface area contributed by atoms with Gasteiger partial charge in [0.15, 0.2) is 0 Å². The Labute approximate surface area is 113 Å². The summed E-state index contributed by atoms with van der Waals surface area (Å²) < 4.78 is 0.862. The summed E-state index contributed by atoms with van der Waals surface area (Å²) >= 11 is 3.29. The lowest BCUT2D eigenvalue weighted by Crippen LogP contribution is -2.14. The van der Waals surface area contributed by atoms with Crippen LogP contribution in [0.4, 0.5) is 11.5 Å². The van der Waals surface area contributed by atoms with Crippen molar-refractivity contribution in [3.05, 3.63) is 52.1 Å². The molecular formula is C13H12BrN3O. The van der Waals surface area contributed by atoms with E-state index in [9.17, 15) is 4.79 Å². The van der Waals surface area contributed by atoms with Crippen molar-refractivity contribution in [2.75, 3.05) is 11.1 Å². The SMILES string of the molecule is Cc1c(N)cccc1C(=O)Nc1ccc(Br)cn1. The Hall–Kier alpha value is -1.88. The Balaban J connectivity index is 2.22. The Morgan fingerprint density at radius 2 is 2.11 bits per heavy atom. The van der Waals surface area contributed by atoms with Crippen molar-refractivity contribution >= 4 is 33.3 Å². The molecule has 1 aromatic heterocycles. The summed E-state index contributed by atoms with van der Waals surface area (Å²) in [5, 5.41) is 2.73. The van der Waals surface area contributed by atoms with Gasteiger partial charge in [-0.1, -0.05) is 6.07 Å². The number of nitrogens with zero attached hydrogens (tertiary/aromatic N) is 1. The predicted octanol–water partition coefficient (Wildman–Crippen LogP) is 2.99. The van der Waals surface area contributed by atoms with Gasteiger partial charge in [0.25, 0.3) is 5.91 Å². The van der Waals surface area contributed by atoms with Gasteiger partial charge in [-0.2, -0.15) is 0 Å². The summed E-state index contributed by atoms with van der Waals surface area (Å²) in [5.74, 6) is 0.291. The second-order valence-electron chi connectivity index (χ2n) is 3.84. The molecule has 1 aromatic carbocycles. The van der Waals surface area contributed by atoms with Crippen molar-refractivity contribution in [1.82, 2.24) is 4.98 Å². The summed E-state index contributed by atoms with van der Waals surface area (Å²) in [4.78, 5) is 16.1.